The van der Waals surface area contributed by atoms with E-state index in [0.29, 0.717) is 23.7 Å². The van der Waals surface area contributed by atoms with Crippen molar-refractivity contribution in [2.45, 2.75) is 31.5 Å². The summed E-state index contributed by atoms with van der Waals surface area (Å²) in [4.78, 5) is 11.2. The molecule has 0 radical (unpaired) electrons. The number of halogens is 3. The van der Waals surface area contributed by atoms with Gasteiger partial charge in [0.1, 0.15) is 0 Å². The zero-order valence-corrected chi connectivity index (χ0v) is 11.1. The van der Waals surface area contributed by atoms with Crippen LogP contribution in [-0.4, -0.2) is 15.0 Å². The van der Waals surface area contributed by atoms with Crippen molar-refractivity contribution in [3.05, 3.63) is 41.6 Å². The van der Waals surface area contributed by atoms with E-state index in [1.54, 1.807) is 6.07 Å². The first kappa shape index (κ1) is 13.9. The Morgan fingerprint density at radius 3 is 2.33 bits per heavy atom. The Morgan fingerprint density at radius 1 is 1.14 bits per heavy atom. The highest BCUT2D eigenvalue weighted by molar-refractivity contribution is 5.58. The molecule has 1 fully saturated rings. The van der Waals surface area contributed by atoms with Crippen molar-refractivity contribution in [2.24, 2.45) is 5.73 Å². The van der Waals surface area contributed by atoms with Crippen LogP contribution in [-0.2, 0) is 12.7 Å². The van der Waals surface area contributed by atoms with Crippen LogP contribution in [0.15, 0.2) is 24.5 Å². The maximum absolute atomic E-state index is 12.5. The number of aromatic nitrogens is 3. The minimum absolute atomic E-state index is 0.358. The number of rotatable bonds is 3. The first-order valence-corrected chi connectivity index (χ1v) is 6.58. The van der Waals surface area contributed by atoms with Gasteiger partial charge < -0.3 is 5.73 Å². The fourth-order valence-electron chi connectivity index (χ4n) is 2.07. The molecule has 3 rings (SSSR count). The zero-order chi connectivity index (χ0) is 15.0. The van der Waals surface area contributed by atoms with E-state index >= 15 is 0 Å². The van der Waals surface area contributed by atoms with Gasteiger partial charge in [0.15, 0.2) is 0 Å². The number of pyridine rings is 1. The van der Waals surface area contributed by atoms with E-state index < -0.39 is 12.0 Å². The Morgan fingerprint density at radius 2 is 1.81 bits per heavy atom. The second-order valence-electron chi connectivity index (χ2n) is 5.06. The summed E-state index contributed by atoms with van der Waals surface area (Å²) >= 11 is 0. The Kier molecular flexibility index (Phi) is 3.36. The SMILES string of the molecule is NCc1cc(-c2cnc(C(F)(F)F)nc2)nc(C2CC2)c1. The summed E-state index contributed by atoms with van der Waals surface area (Å²) in [5.41, 5.74) is 8.52. The fourth-order valence-corrected chi connectivity index (χ4v) is 2.07. The van der Waals surface area contributed by atoms with E-state index in [1.807, 2.05) is 6.07 Å². The summed E-state index contributed by atoms with van der Waals surface area (Å²) in [5.74, 6) is -0.714. The summed E-state index contributed by atoms with van der Waals surface area (Å²) in [6.07, 6.45) is -0.0670. The number of hydrogen-bond donors (Lipinski definition) is 1. The Bertz CT molecular complexity index is 648. The number of nitrogens with two attached hydrogens (primary N) is 1. The molecule has 7 heteroatoms. The van der Waals surface area contributed by atoms with Crippen LogP contribution in [0.1, 0.15) is 35.8 Å². The summed E-state index contributed by atoms with van der Waals surface area (Å²) in [7, 11) is 0. The first-order valence-electron chi connectivity index (χ1n) is 6.58. The molecule has 1 aliphatic rings. The highest BCUT2D eigenvalue weighted by Gasteiger charge is 2.34. The molecule has 1 aliphatic carbocycles. The van der Waals surface area contributed by atoms with E-state index in [0.717, 1.165) is 36.5 Å². The summed E-state index contributed by atoms with van der Waals surface area (Å²) in [5, 5.41) is 0. The van der Waals surface area contributed by atoms with Crippen LogP contribution in [0.2, 0.25) is 0 Å². The van der Waals surface area contributed by atoms with Gasteiger partial charge in [-0.05, 0) is 30.5 Å². The molecule has 1 saturated carbocycles. The smallest absolute Gasteiger partial charge is 0.326 e. The predicted molar refractivity (Wildman–Crippen MR) is 70.1 cm³/mol. The normalized spacial score (nSPS) is 15.2. The monoisotopic (exact) mass is 294 g/mol. The molecule has 0 aliphatic heterocycles. The lowest BCUT2D eigenvalue weighted by molar-refractivity contribution is -0.144. The van der Waals surface area contributed by atoms with Gasteiger partial charge in [-0.25, -0.2) is 9.97 Å². The maximum atomic E-state index is 12.5. The van der Waals surface area contributed by atoms with Gasteiger partial charge in [0.25, 0.3) is 0 Å². The molecule has 110 valence electrons. The minimum atomic E-state index is -4.54. The Hall–Kier alpha value is -2.02. The Labute approximate surface area is 119 Å². The topological polar surface area (TPSA) is 64.7 Å². The van der Waals surface area contributed by atoms with E-state index in [-0.39, 0.29) is 0 Å². The van der Waals surface area contributed by atoms with Crippen molar-refractivity contribution in [3.63, 3.8) is 0 Å². The van der Waals surface area contributed by atoms with Gasteiger partial charge in [0.05, 0.1) is 5.69 Å². The van der Waals surface area contributed by atoms with E-state index in [9.17, 15) is 13.2 Å². The average Bonchev–Trinajstić information content (AvgIpc) is 3.30. The van der Waals surface area contributed by atoms with Crippen molar-refractivity contribution in [2.75, 3.05) is 0 Å². The zero-order valence-electron chi connectivity index (χ0n) is 11.1. The minimum Gasteiger partial charge on any atom is -0.326 e. The first-order chi connectivity index (χ1) is 9.97. The third-order valence-electron chi connectivity index (χ3n) is 3.34. The summed E-state index contributed by atoms with van der Waals surface area (Å²) in [6.45, 7) is 0.358. The van der Waals surface area contributed by atoms with Crippen molar-refractivity contribution in [1.29, 1.82) is 0 Å². The van der Waals surface area contributed by atoms with Gasteiger partial charge in [0.2, 0.25) is 5.82 Å². The molecule has 0 unspecified atom stereocenters. The van der Waals surface area contributed by atoms with Crippen LogP contribution in [0.3, 0.4) is 0 Å². The third-order valence-corrected chi connectivity index (χ3v) is 3.34. The molecule has 0 bridgehead atoms. The molecule has 4 nitrogen and oxygen atoms in total. The van der Waals surface area contributed by atoms with Crippen LogP contribution >= 0.6 is 0 Å². The molecule has 2 N–H and O–H groups in total. The van der Waals surface area contributed by atoms with Gasteiger partial charge in [0, 0.05) is 36.1 Å². The standard InChI is InChI=1S/C14H13F3N4/c15-14(16,17)13-19-6-10(7-20-13)12-4-8(5-18)3-11(21-12)9-1-2-9/h3-4,6-7,9H,1-2,5,18H2. The van der Waals surface area contributed by atoms with Crippen LogP contribution in [0, 0.1) is 0 Å². The predicted octanol–water partition coefficient (Wildman–Crippen LogP) is 2.89. The highest BCUT2D eigenvalue weighted by Crippen LogP contribution is 2.40. The molecule has 0 aromatic carbocycles. The van der Waals surface area contributed by atoms with E-state index in [2.05, 4.69) is 15.0 Å². The summed E-state index contributed by atoms with van der Waals surface area (Å²) < 4.78 is 37.4. The average molecular weight is 294 g/mol. The van der Waals surface area contributed by atoms with Crippen LogP contribution in [0.4, 0.5) is 13.2 Å². The van der Waals surface area contributed by atoms with Gasteiger partial charge in [-0.1, -0.05) is 0 Å². The lowest BCUT2D eigenvalue weighted by Crippen LogP contribution is -2.10. The quantitative estimate of drug-likeness (QED) is 0.945. The number of alkyl halides is 3. The number of hydrogen-bond acceptors (Lipinski definition) is 4. The van der Waals surface area contributed by atoms with E-state index in [4.69, 9.17) is 5.73 Å². The molecule has 21 heavy (non-hydrogen) atoms. The van der Waals surface area contributed by atoms with E-state index in [1.165, 1.54) is 0 Å². The van der Waals surface area contributed by atoms with Crippen LogP contribution in [0.25, 0.3) is 11.3 Å². The molecular weight excluding hydrogens is 281 g/mol. The largest absolute Gasteiger partial charge is 0.451 e. The van der Waals surface area contributed by atoms with Gasteiger partial charge in [-0.3, -0.25) is 4.98 Å². The fraction of sp³-hybridized carbons (Fsp3) is 0.357. The molecule has 2 aromatic heterocycles. The van der Waals surface area contributed by atoms with Gasteiger partial charge in [-0.2, -0.15) is 13.2 Å². The second-order valence-corrected chi connectivity index (χ2v) is 5.06. The Balaban J connectivity index is 1.97. The third kappa shape index (κ3) is 3.02. The molecule has 0 atom stereocenters. The highest BCUT2D eigenvalue weighted by atomic mass is 19.4. The number of nitrogens with zero attached hydrogens (tertiary/aromatic N) is 3. The maximum Gasteiger partial charge on any atom is 0.451 e. The second kappa shape index (κ2) is 5.07. The lowest BCUT2D eigenvalue weighted by Gasteiger charge is -2.08. The molecule has 0 saturated heterocycles. The summed E-state index contributed by atoms with van der Waals surface area (Å²) in [6, 6.07) is 3.71. The van der Waals surface area contributed by atoms with Crippen molar-refractivity contribution >= 4 is 0 Å². The lowest BCUT2D eigenvalue weighted by atomic mass is 10.1. The van der Waals surface area contributed by atoms with Crippen molar-refractivity contribution < 1.29 is 13.2 Å². The molecule has 2 heterocycles. The van der Waals surface area contributed by atoms with Gasteiger partial charge in [-0.15, -0.1) is 0 Å². The van der Waals surface area contributed by atoms with Gasteiger partial charge >= 0.3 is 6.18 Å². The van der Waals surface area contributed by atoms with Crippen molar-refractivity contribution in [1.82, 2.24) is 15.0 Å². The van der Waals surface area contributed by atoms with Crippen LogP contribution < -0.4 is 5.73 Å². The molecular formula is C14H13F3N4. The molecule has 2 aromatic rings. The molecule has 0 spiro atoms. The van der Waals surface area contributed by atoms with Crippen molar-refractivity contribution in [3.8, 4) is 11.3 Å². The van der Waals surface area contributed by atoms with Crippen LogP contribution in [0.5, 0.6) is 0 Å². The molecule has 0 amide bonds.